The zero-order valence-electron chi connectivity index (χ0n) is 13.7. The monoisotopic (exact) mass is 351 g/mol. The Morgan fingerprint density at radius 2 is 1.88 bits per heavy atom. The molecule has 0 saturated carbocycles. The highest BCUT2D eigenvalue weighted by Crippen LogP contribution is 2.36. The molecule has 0 aliphatic carbocycles. The van der Waals surface area contributed by atoms with Crippen molar-refractivity contribution in [1.29, 1.82) is 0 Å². The van der Waals surface area contributed by atoms with Crippen molar-refractivity contribution < 1.29 is 15.3 Å². The van der Waals surface area contributed by atoms with Crippen molar-refractivity contribution in [2.24, 2.45) is 4.99 Å². The minimum Gasteiger partial charge on any atom is -0.398 e. The second-order valence-electron chi connectivity index (χ2n) is 5.46. The van der Waals surface area contributed by atoms with E-state index in [2.05, 4.69) is 10.9 Å². The van der Waals surface area contributed by atoms with Crippen LogP contribution < -0.4 is 10.6 Å². The van der Waals surface area contributed by atoms with Gasteiger partial charge in [-0.25, -0.2) is 0 Å². The van der Waals surface area contributed by atoms with Crippen LogP contribution in [0.15, 0.2) is 29.3 Å². The summed E-state index contributed by atoms with van der Waals surface area (Å²) in [7, 11) is -0.228. The molecule has 7 heteroatoms. The number of nitrogens with zero attached hydrogens (tertiary/aromatic N) is 2. The maximum atomic E-state index is 9.21. The van der Waals surface area contributed by atoms with Gasteiger partial charge in [0, 0.05) is 35.8 Å². The van der Waals surface area contributed by atoms with E-state index in [4.69, 9.17) is 10.8 Å². The molecule has 6 nitrogen and oxygen atoms in total. The van der Waals surface area contributed by atoms with Gasteiger partial charge < -0.3 is 26.0 Å². The van der Waals surface area contributed by atoms with Crippen LogP contribution in [0.1, 0.15) is 5.56 Å². The Morgan fingerprint density at radius 1 is 1.17 bits per heavy atom. The summed E-state index contributed by atoms with van der Waals surface area (Å²) < 4.78 is 0. The fraction of sp³-hybridized carbons (Fsp3) is 0.412. The maximum absolute atomic E-state index is 9.21. The number of benzene rings is 1. The smallest absolute Gasteiger partial charge is 0.0852 e. The van der Waals surface area contributed by atoms with Crippen molar-refractivity contribution in [2.45, 2.75) is 0 Å². The third-order valence-corrected chi connectivity index (χ3v) is 5.28. The molecule has 0 amide bonds. The Kier molecular flexibility index (Phi) is 6.99. The molecule has 1 aliphatic rings. The van der Waals surface area contributed by atoms with Gasteiger partial charge in [0.25, 0.3) is 0 Å². The van der Waals surface area contributed by atoms with E-state index in [1.54, 1.807) is 0 Å². The number of aliphatic imine (C=N–C) groups is 1. The molecule has 5 N–H and O–H groups in total. The molecule has 1 unspecified atom stereocenters. The molecular formula is C17H25N3O3S. The number of anilines is 2. The predicted molar refractivity (Wildman–Crippen MR) is 104 cm³/mol. The summed E-state index contributed by atoms with van der Waals surface area (Å²) >= 11 is 0. The van der Waals surface area contributed by atoms with E-state index in [0.717, 1.165) is 27.6 Å². The van der Waals surface area contributed by atoms with E-state index >= 15 is 0 Å². The number of nitrogen functional groups attached to an aromatic ring is 1. The summed E-state index contributed by atoms with van der Waals surface area (Å²) in [6.07, 6.45) is 2.00. The lowest BCUT2D eigenvalue weighted by atomic mass is 10.0. The lowest BCUT2D eigenvalue weighted by Gasteiger charge is -2.24. The molecule has 1 aliphatic heterocycles. The average molecular weight is 351 g/mol. The summed E-state index contributed by atoms with van der Waals surface area (Å²) in [5.74, 6) is 4.92. The number of hydrogen-bond acceptors (Lipinski definition) is 6. The Bertz CT molecular complexity index is 652. The standard InChI is InChI=1S/C17H25N3O3S/c1-24-12-13(10-17(24)19-4-7-21)15-11-14(2-3-16(15)18)20(5-8-22)6-9-23/h2-3,10-11,21-23H,1,4-9,12,18H2. The van der Waals surface area contributed by atoms with Gasteiger partial charge in [-0.2, -0.15) is 0 Å². The SMILES string of the molecule is C=S1CC(c2cc(N(CCO)CCO)ccc2N)=CC1=NCCO. The second-order valence-corrected chi connectivity index (χ2v) is 7.15. The van der Waals surface area contributed by atoms with Gasteiger partial charge in [-0.15, -0.1) is 10.5 Å². The molecule has 0 aromatic heterocycles. The fourth-order valence-corrected chi connectivity index (χ4v) is 3.96. The van der Waals surface area contributed by atoms with Gasteiger partial charge in [-0.1, -0.05) is 5.87 Å². The Hall–Kier alpha value is -1.67. The van der Waals surface area contributed by atoms with Gasteiger partial charge in [-0.05, 0) is 29.8 Å². The first-order valence-electron chi connectivity index (χ1n) is 7.83. The quantitative estimate of drug-likeness (QED) is 0.405. The van der Waals surface area contributed by atoms with Gasteiger partial charge in [0.15, 0.2) is 0 Å². The summed E-state index contributed by atoms with van der Waals surface area (Å²) in [4.78, 5) is 6.29. The van der Waals surface area contributed by atoms with Crippen molar-refractivity contribution in [3.63, 3.8) is 0 Å². The van der Waals surface area contributed by atoms with Crippen molar-refractivity contribution in [3.8, 4) is 0 Å². The minimum absolute atomic E-state index is 0.0166. The van der Waals surface area contributed by atoms with E-state index < -0.39 is 0 Å². The number of nitrogens with two attached hydrogens (primary N) is 1. The molecular weight excluding hydrogens is 326 g/mol. The molecule has 1 heterocycles. The first kappa shape index (κ1) is 18.7. The number of aliphatic hydroxyl groups excluding tert-OH is 3. The largest absolute Gasteiger partial charge is 0.398 e. The van der Waals surface area contributed by atoms with Crippen LogP contribution in [0.5, 0.6) is 0 Å². The molecule has 24 heavy (non-hydrogen) atoms. The summed E-state index contributed by atoms with van der Waals surface area (Å²) in [5, 5.41) is 28.3. The molecule has 0 saturated heterocycles. The van der Waals surface area contributed by atoms with Gasteiger partial charge in [0.1, 0.15) is 0 Å². The van der Waals surface area contributed by atoms with Crippen LogP contribution in [0, 0.1) is 0 Å². The zero-order chi connectivity index (χ0) is 17.5. The van der Waals surface area contributed by atoms with Gasteiger partial charge >= 0.3 is 0 Å². The van der Waals surface area contributed by atoms with Gasteiger partial charge in [0.05, 0.1) is 31.4 Å². The molecule has 0 fully saturated rings. The Balaban J connectivity index is 2.33. The van der Waals surface area contributed by atoms with Crippen LogP contribution in [0.3, 0.4) is 0 Å². The highest BCUT2D eigenvalue weighted by Gasteiger charge is 2.18. The van der Waals surface area contributed by atoms with Crippen LogP contribution in [0.25, 0.3) is 5.57 Å². The van der Waals surface area contributed by atoms with Crippen LogP contribution in [-0.4, -0.2) is 71.4 Å². The topological polar surface area (TPSA) is 102 Å². The average Bonchev–Trinajstić information content (AvgIpc) is 2.94. The first-order chi connectivity index (χ1) is 11.6. The third-order valence-electron chi connectivity index (χ3n) is 3.78. The molecule has 0 spiro atoms. The fourth-order valence-electron chi connectivity index (χ4n) is 2.62. The normalized spacial score (nSPS) is 18.9. The Labute approximate surface area is 144 Å². The lowest BCUT2D eigenvalue weighted by molar-refractivity contribution is 0.281. The molecule has 2 rings (SSSR count). The van der Waals surface area contributed by atoms with Crippen LogP contribution in [-0.2, 0) is 0 Å². The molecule has 1 atom stereocenters. The summed E-state index contributed by atoms with van der Waals surface area (Å²) in [6, 6.07) is 5.72. The Morgan fingerprint density at radius 3 is 2.50 bits per heavy atom. The van der Waals surface area contributed by atoms with Crippen molar-refractivity contribution in [1.82, 2.24) is 0 Å². The molecule has 1 aromatic rings. The summed E-state index contributed by atoms with van der Waals surface area (Å²) in [6.45, 7) is 1.34. The third kappa shape index (κ3) is 4.45. The van der Waals surface area contributed by atoms with Gasteiger partial charge in [0.2, 0.25) is 0 Å². The van der Waals surface area contributed by atoms with Crippen molar-refractivity contribution in [2.75, 3.05) is 55.8 Å². The van der Waals surface area contributed by atoms with Crippen molar-refractivity contribution >= 4 is 38.3 Å². The number of rotatable bonds is 8. The molecule has 132 valence electrons. The molecule has 1 aromatic carbocycles. The highest BCUT2D eigenvalue weighted by molar-refractivity contribution is 8.28. The molecule has 0 radical (unpaired) electrons. The number of aliphatic hydroxyl groups is 3. The lowest BCUT2D eigenvalue weighted by Crippen LogP contribution is -2.29. The zero-order valence-corrected chi connectivity index (χ0v) is 14.5. The highest BCUT2D eigenvalue weighted by atomic mass is 32.2. The van der Waals surface area contributed by atoms with Crippen LogP contribution >= 0.6 is 10.5 Å². The minimum atomic E-state index is -0.228. The molecule has 0 bridgehead atoms. The van der Waals surface area contributed by atoms with E-state index in [1.807, 2.05) is 29.2 Å². The van der Waals surface area contributed by atoms with Crippen LogP contribution in [0.4, 0.5) is 11.4 Å². The maximum Gasteiger partial charge on any atom is 0.0852 e. The second kappa shape index (κ2) is 8.98. The van der Waals surface area contributed by atoms with Crippen molar-refractivity contribution in [3.05, 3.63) is 29.8 Å². The summed E-state index contributed by atoms with van der Waals surface area (Å²) in [5.41, 5.74) is 9.76. The van der Waals surface area contributed by atoms with E-state index in [1.165, 1.54) is 0 Å². The predicted octanol–water partition coefficient (Wildman–Crippen LogP) is 0.548. The van der Waals surface area contributed by atoms with E-state index in [-0.39, 0.29) is 30.3 Å². The van der Waals surface area contributed by atoms with Gasteiger partial charge in [-0.3, -0.25) is 4.99 Å². The number of hydrogen-bond donors (Lipinski definition) is 4. The van der Waals surface area contributed by atoms with E-state index in [9.17, 15) is 10.2 Å². The van der Waals surface area contributed by atoms with Crippen LogP contribution in [0.2, 0.25) is 0 Å². The van der Waals surface area contributed by atoms with E-state index in [0.29, 0.717) is 25.3 Å². The first-order valence-corrected chi connectivity index (χ1v) is 9.40.